The van der Waals surface area contributed by atoms with Crippen molar-refractivity contribution in [1.29, 1.82) is 0 Å². The number of ether oxygens (including phenoxy) is 1. The van der Waals surface area contributed by atoms with Crippen LogP contribution in [0.25, 0.3) is 0 Å². The van der Waals surface area contributed by atoms with E-state index in [1.165, 1.54) is 6.92 Å². The van der Waals surface area contributed by atoms with Gasteiger partial charge in [0.05, 0.1) is 6.10 Å². The highest BCUT2D eigenvalue weighted by Gasteiger charge is 2.68. The van der Waals surface area contributed by atoms with Crippen LogP contribution in [-0.2, 0) is 20.7 Å². The molecular formula is C30H37NO4. The molecule has 1 spiro atoms. The normalized spacial score (nSPS) is 39.0. The van der Waals surface area contributed by atoms with Gasteiger partial charge in [0, 0.05) is 24.8 Å². The number of carbonyl (C=O) groups is 2. The lowest BCUT2D eigenvalue weighted by atomic mass is 9.51. The first-order chi connectivity index (χ1) is 16.7. The van der Waals surface area contributed by atoms with Crippen LogP contribution in [0.3, 0.4) is 0 Å². The molecule has 2 aliphatic carbocycles. The summed E-state index contributed by atoms with van der Waals surface area (Å²) in [4.78, 5) is 26.4. The van der Waals surface area contributed by atoms with E-state index in [9.17, 15) is 14.7 Å². The lowest BCUT2D eigenvalue weighted by molar-refractivity contribution is -0.166. The second kappa shape index (κ2) is 9.98. The van der Waals surface area contributed by atoms with Crippen molar-refractivity contribution in [3.8, 4) is 0 Å². The number of hydrogen-bond acceptors (Lipinski definition) is 4. The lowest BCUT2D eigenvalue weighted by Crippen LogP contribution is -2.60. The van der Waals surface area contributed by atoms with Gasteiger partial charge >= 0.3 is 5.97 Å². The van der Waals surface area contributed by atoms with Crippen LogP contribution in [-0.4, -0.2) is 35.2 Å². The minimum Gasteiger partial charge on any atom is -0.457 e. The molecule has 1 saturated carbocycles. The van der Waals surface area contributed by atoms with Crippen LogP contribution >= 0.6 is 0 Å². The molecule has 1 aromatic carbocycles. The molecule has 1 saturated heterocycles. The summed E-state index contributed by atoms with van der Waals surface area (Å²) >= 11 is 0. The topological polar surface area (TPSA) is 75.6 Å². The molecule has 4 rings (SSSR count). The number of aliphatic hydroxyl groups is 1. The molecule has 0 bridgehead atoms. The Hall–Kier alpha value is -2.92. The zero-order valence-electron chi connectivity index (χ0n) is 20.9. The quantitative estimate of drug-likeness (QED) is 0.497. The third-order valence-electron chi connectivity index (χ3n) is 8.15. The number of aliphatic hydroxyl groups excluding tert-OH is 1. The van der Waals surface area contributed by atoms with E-state index in [-0.39, 0.29) is 23.8 Å². The Morgan fingerprint density at radius 2 is 1.91 bits per heavy atom. The number of amides is 1. The Morgan fingerprint density at radius 3 is 2.60 bits per heavy atom. The van der Waals surface area contributed by atoms with Crippen LogP contribution in [0, 0.1) is 29.1 Å². The van der Waals surface area contributed by atoms with Crippen LogP contribution in [0.2, 0.25) is 0 Å². The molecule has 3 aliphatic rings. The van der Waals surface area contributed by atoms with E-state index in [1.807, 2.05) is 43.4 Å². The van der Waals surface area contributed by atoms with Crippen molar-refractivity contribution < 1.29 is 19.4 Å². The van der Waals surface area contributed by atoms with Crippen molar-refractivity contribution in [3.05, 3.63) is 84.5 Å². The number of nitrogens with one attached hydrogen (secondary N) is 1. The number of hydrogen-bond donors (Lipinski definition) is 2. The minimum absolute atomic E-state index is 0.166. The highest BCUT2D eigenvalue weighted by atomic mass is 16.5. The van der Waals surface area contributed by atoms with E-state index in [4.69, 9.17) is 4.74 Å². The average Bonchev–Trinajstić information content (AvgIpc) is 3.08. The van der Waals surface area contributed by atoms with Crippen molar-refractivity contribution in [2.75, 3.05) is 0 Å². The summed E-state index contributed by atoms with van der Waals surface area (Å²) in [6.07, 6.45) is 8.18. The van der Waals surface area contributed by atoms with Gasteiger partial charge in [-0.15, -0.1) is 0 Å². The van der Waals surface area contributed by atoms with Crippen molar-refractivity contribution in [2.45, 2.75) is 58.3 Å². The molecule has 2 N–H and O–H groups in total. The molecule has 1 amide bonds. The summed E-state index contributed by atoms with van der Waals surface area (Å²) in [6, 6.07) is 9.87. The Kier molecular flexibility index (Phi) is 7.18. The monoisotopic (exact) mass is 475 g/mol. The molecule has 1 aromatic rings. The summed E-state index contributed by atoms with van der Waals surface area (Å²) in [5.74, 6) is -1.28. The smallest absolute Gasteiger partial charge is 0.303 e. The third kappa shape index (κ3) is 4.54. The Labute approximate surface area is 208 Å². The lowest BCUT2D eigenvalue weighted by Gasteiger charge is -2.52. The van der Waals surface area contributed by atoms with E-state index in [1.54, 1.807) is 0 Å². The van der Waals surface area contributed by atoms with Gasteiger partial charge in [-0.3, -0.25) is 9.59 Å². The molecule has 186 valence electrons. The first-order valence-electron chi connectivity index (χ1n) is 12.6. The maximum Gasteiger partial charge on any atom is 0.303 e. The Morgan fingerprint density at radius 1 is 1.20 bits per heavy atom. The zero-order chi connectivity index (χ0) is 25.3. The van der Waals surface area contributed by atoms with Gasteiger partial charge in [-0.25, -0.2) is 0 Å². The van der Waals surface area contributed by atoms with E-state index < -0.39 is 29.5 Å². The van der Waals surface area contributed by atoms with E-state index >= 15 is 0 Å². The molecule has 8 atom stereocenters. The molecular weight excluding hydrogens is 438 g/mol. The molecule has 1 aliphatic heterocycles. The molecule has 5 nitrogen and oxygen atoms in total. The number of rotatable bonds is 3. The largest absolute Gasteiger partial charge is 0.457 e. The van der Waals surface area contributed by atoms with Crippen molar-refractivity contribution in [1.82, 2.24) is 5.32 Å². The van der Waals surface area contributed by atoms with Gasteiger partial charge in [-0.2, -0.15) is 0 Å². The number of carbonyl (C=O) groups excluding carboxylic acids is 2. The van der Waals surface area contributed by atoms with E-state index in [0.717, 1.165) is 24.0 Å². The minimum atomic E-state index is -1.17. The van der Waals surface area contributed by atoms with Gasteiger partial charge in [0.2, 0.25) is 5.91 Å². The molecule has 5 heteroatoms. The fourth-order valence-electron chi connectivity index (χ4n) is 6.57. The van der Waals surface area contributed by atoms with Crippen LogP contribution in [0.15, 0.2) is 78.9 Å². The van der Waals surface area contributed by atoms with Crippen LogP contribution < -0.4 is 5.32 Å². The average molecular weight is 476 g/mol. The highest BCUT2D eigenvalue weighted by molar-refractivity contribution is 5.89. The molecule has 0 aromatic heterocycles. The van der Waals surface area contributed by atoms with Gasteiger partial charge in [-0.1, -0.05) is 81.1 Å². The summed E-state index contributed by atoms with van der Waals surface area (Å²) in [5.41, 5.74) is 1.57. The van der Waals surface area contributed by atoms with E-state index in [0.29, 0.717) is 17.9 Å². The van der Waals surface area contributed by atoms with Crippen molar-refractivity contribution in [2.24, 2.45) is 29.1 Å². The fraction of sp³-hybridized carbons (Fsp3) is 0.467. The number of benzene rings is 1. The van der Waals surface area contributed by atoms with Crippen LogP contribution in [0.4, 0.5) is 0 Å². The van der Waals surface area contributed by atoms with E-state index in [2.05, 4.69) is 43.6 Å². The van der Waals surface area contributed by atoms with Gasteiger partial charge < -0.3 is 15.2 Å². The summed E-state index contributed by atoms with van der Waals surface area (Å²) in [7, 11) is 0. The zero-order valence-corrected chi connectivity index (χ0v) is 20.9. The Bertz CT molecular complexity index is 1060. The Balaban J connectivity index is 1.91. The predicted octanol–water partition coefficient (Wildman–Crippen LogP) is 4.54. The first kappa shape index (κ1) is 25.2. The van der Waals surface area contributed by atoms with Gasteiger partial charge in [-0.05, 0) is 48.3 Å². The molecule has 0 unspecified atom stereocenters. The molecule has 0 radical (unpaired) electrons. The maximum absolute atomic E-state index is 14.1. The SMILES string of the molecule is C=C1/C=C/[C@@H](OC(C)=O)[C@@]23C(=O)N[C@@H](Cc4ccccc4)[C@@H]2[C@H](C)C(=C)[C@@H](O)[C@@H]3/C=C/C[C@H](C)C1. The summed E-state index contributed by atoms with van der Waals surface area (Å²) in [6.45, 7) is 14.0. The van der Waals surface area contributed by atoms with Crippen molar-refractivity contribution in [3.63, 3.8) is 0 Å². The van der Waals surface area contributed by atoms with Crippen LogP contribution in [0.5, 0.6) is 0 Å². The van der Waals surface area contributed by atoms with Gasteiger partial charge in [0.1, 0.15) is 11.5 Å². The van der Waals surface area contributed by atoms with Crippen molar-refractivity contribution >= 4 is 11.9 Å². The number of allylic oxidation sites excluding steroid dienone is 3. The second-order valence-electron chi connectivity index (χ2n) is 10.6. The van der Waals surface area contributed by atoms with Gasteiger partial charge in [0.15, 0.2) is 0 Å². The fourth-order valence-corrected chi connectivity index (χ4v) is 6.57. The molecule has 35 heavy (non-hydrogen) atoms. The third-order valence-corrected chi connectivity index (χ3v) is 8.15. The number of esters is 1. The standard InChI is InChI=1S/C30H37NO4/c1-18-10-9-13-24-28(33)21(4)20(3)27-25(17-23-11-7-6-8-12-23)31-29(34)30(24,27)26(35-22(5)32)15-14-19(2)16-18/h6-9,11-15,18,20,24-28,33H,2,4,10,16-17H2,1,3,5H3,(H,31,34)/b13-9+,15-14+/t18-,20+,24-,25-,26+,27-,28+,30+/m0/s1. The summed E-state index contributed by atoms with van der Waals surface area (Å²) < 4.78 is 5.91. The molecule has 1 heterocycles. The highest BCUT2D eigenvalue weighted by Crippen LogP contribution is 2.58. The van der Waals surface area contributed by atoms with Crippen LogP contribution in [0.1, 0.15) is 39.2 Å². The summed E-state index contributed by atoms with van der Waals surface area (Å²) in [5, 5.41) is 14.7. The second-order valence-corrected chi connectivity index (χ2v) is 10.6. The van der Waals surface area contributed by atoms with Gasteiger partial charge in [0.25, 0.3) is 0 Å². The molecule has 2 fully saturated rings. The predicted molar refractivity (Wildman–Crippen MR) is 137 cm³/mol. The maximum atomic E-state index is 14.1. The first-order valence-corrected chi connectivity index (χ1v) is 12.6.